The molecule has 1 saturated heterocycles. The third kappa shape index (κ3) is 2.17. The van der Waals surface area contributed by atoms with Crippen LogP contribution in [0.4, 0.5) is 0 Å². The Hall–Kier alpha value is -2.46. The van der Waals surface area contributed by atoms with Gasteiger partial charge in [-0.05, 0) is 36.5 Å². The number of benzene rings is 2. The molecule has 2 amide bonds. The van der Waals surface area contributed by atoms with Gasteiger partial charge in [-0.2, -0.15) is 0 Å². The first-order valence-corrected chi connectivity index (χ1v) is 8.99. The van der Waals surface area contributed by atoms with Gasteiger partial charge in [-0.3, -0.25) is 19.4 Å². The molecule has 2 aromatic rings. The number of fused-ring (bicyclic) bond motifs is 3. The van der Waals surface area contributed by atoms with E-state index in [4.69, 9.17) is 0 Å². The first kappa shape index (κ1) is 14.8. The molecule has 4 nitrogen and oxygen atoms in total. The fourth-order valence-electron chi connectivity index (χ4n) is 4.94. The number of hydrogen-bond acceptors (Lipinski definition) is 3. The second-order valence-corrected chi connectivity index (χ2v) is 7.34. The van der Waals surface area contributed by atoms with Crippen LogP contribution >= 0.6 is 0 Å². The maximum Gasteiger partial charge on any atom is 0.261 e. The highest BCUT2D eigenvalue weighted by Crippen LogP contribution is 2.43. The fourth-order valence-corrected chi connectivity index (χ4v) is 4.94. The van der Waals surface area contributed by atoms with Crippen LogP contribution in [-0.4, -0.2) is 40.2 Å². The van der Waals surface area contributed by atoms with E-state index in [0.29, 0.717) is 17.0 Å². The van der Waals surface area contributed by atoms with E-state index in [1.54, 1.807) is 17.0 Å². The molecule has 25 heavy (non-hydrogen) atoms. The summed E-state index contributed by atoms with van der Waals surface area (Å²) in [6.45, 7) is 1.86. The molecule has 2 fully saturated rings. The van der Waals surface area contributed by atoms with E-state index in [1.807, 2.05) is 18.2 Å². The zero-order chi connectivity index (χ0) is 17.0. The fraction of sp³-hybridized carbons (Fsp3) is 0.333. The summed E-state index contributed by atoms with van der Waals surface area (Å²) in [5.41, 5.74) is 2.41. The lowest BCUT2D eigenvalue weighted by atomic mass is 10.0. The lowest BCUT2D eigenvalue weighted by Crippen LogP contribution is -2.46. The third-order valence-corrected chi connectivity index (χ3v) is 6.00. The zero-order valence-corrected chi connectivity index (χ0v) is 14.0. The minimum absolute atomic E-state index is 0.0242. The molecule has 2 heterocycles. The Morgan fingerprint density at radius 2 is 1.48 bits per heavy atom. The predicted molar refractivity (Wildman–Crippen MR) is 94.1 cm³/mol. The molecule has 2 aromatic carbocycles. The van der Waals surface area contributed by atoms with Crippen LogP contribution in [0.1, 0.15) is 39.1 Å². The second kappa shape index (κ2) is 5.53. The van der Waals surface area contributed by atoms with E-state index in [-0.39, 0.29) is 23.9 Å². The van der Waals surface area contributed by atoms with E-state index >= 15 is 0 Å². The van der Waals surface area contributed by atoms with Crippen molar-refractivity contribution in [3.05, 3.63) is 71.3 Å². The Labute approximate surface area is 147 Å². The molecule has 3 atom stereocenters. The first-order chi connectivity index (χ1) is 12.2. The summed E-state index contributed by atoms with van der Waals surface area (Å²) in [6.07, 6.45) is 2.17. The van der Waals surface area contributed by atoms with Gasteiger partial charge >= 0.3 is 0 Å². The van der Waals surface area contributed by atoms with Gasteiger partial charge < -0.3 is 0 Å². The van der Waals surface area contributed by atoms with Gasteiger partial charge in [-0.1, -0.05) is 42.5 Å². The van der Waals surface area contributed by atoms with Crippen LogP contribution in [0.3, 0.4) is 0 Å². The Morgan fingerprint density at radius 3 is 2.16 bits per heavy atom. The molecule has 3 aliphatic rings. The van der Waals surface area contributed by atoms with E-state index < -0.39 is 0 Å². The van der Waals surface area contributed by atoms with Crippen molar-refractivity contribution in [1.29, 1.82) is 0 Å². The van der Waals surface area contributed by atoms with Crippen molar-refractivity contribution in [1.82, 2.24) is 9.80 Å². The number of carbonyl (C=O) groups is 2. The minimum Gasteiger partial charge on any atom is -0.294 e. The smallest absolute Gasteiger partial charge is 0.261 e. The number of likely N-dealkylation sites (tertiary alicyclic amines) is 1. The summed E-state index contributed by atoms with van der Waals surface area (Å²) in [5, 5.41) is 0. The van der Waals surface area contributed by atoms with Gasteiger partial charge in [-0.15, -0.1) is 0 Å². The Morgan fingerprint density at radius 1 is 0.840 bits per heavy atom. The van der Waals surface area contributed by atoms with Crippen LogP contribution in [-0.2, 0) is 6.54 Å². The van der Waals surface area contributed by atoms with E-state index in [2.05, 4.69) is 29.2 Å². The molecule has 3 unspecified atom stereocenters. The molecule has 0 aromatic heterocycles. The molecule has 1 aliphatic carbocycles. The number of piperidine rings is 1. The average Bonchev–Trinajstić information content (AvgIpc) is 3.26. The van der Waals surface area contributed by atoms with Crippen molar-refractivity contribution in [2.75, 3.05) is 6.54 Å². The normalized spacial score (nSPS) is 28.0. The molecule has 0 spiro atoms. The molecule has 4 heteroatoms. The molecular formula is C21H20N2O2. The summed E-state index contributed by atoms with van der Waals surface area (Å²) in [6, 6.07) is 18.0. The monoisotopic (exact) mass is 332 g/mol. The van der Waals surface area contributed by atoms with Gasteiger partial charge in [0.2, 0.25) is 0 Å². The number of rotatable bonds is 3. The molecule has 0 N–H and O–H groups in total. The molecule has 126 valence electrons. The summed E-state index contributed by atoms with van der Waals surface area (Å²) >= 11 is 0. The standard InChI is InChI=1S/C21H20N2O2/c24-20-16-8-4-5-9-17(16)21(25)23(20)19-15-10-11-18(19)22(13-15)12-14-6-2-1-3-7-14/h1-9,15,18-19H,10-13H2. The number of imide groups is 1. The largest absolute Gasteiger partial charge is 0.294 e. The maximum absolute atomic E-state index is 12.9. The molecule has 5 rings (SSSR count). The van der Waals surface area contributed by atoms with Gasteiger partial charge in [-0.25, -0.2) is 0 Å². The van der Waals surface area contributed by atoms with Gasteiger partial charge in [0.05, 0.1) is 17.2 Å². The van der Waals surface area contributed by atoms with Gasteiger partial charge in [0, 0.05) is 19.1 Å². The molecular weight excluding hydrogens is 312 g/mol. The molecule has 2 aliphatic heterocycles. The second-order valence-electron chi connectivity index (χ2n) is 7.34. The first-order valence-electron chi connectivity index (χ1n) is 8.99. The third-order valence-electron chi connectivity index (χ3n) is 6.00. The van der Waals surface area contributed by atoms with E-state index in [1.165, 1.54) is 5.56 Å². The minimum atomic E-state index is -0.107. The highest BCUT2D eigenvalue weighted by molar-refractivity contribution is 6.21. The molecule has 0 radical (unpaired) electrons. The van der Waals surface area contributed by atoms with Crippen molar-refractivity contribution in [3.8, 4) is 0 Å². The summed E-state index contributed by atoms with van der Waals surface area (Å²) in [7, 11) is 0. The van der Waals surface area contributed by atoms with E-state index in [9.17, 15) is 9.59 Å². The molecule has 1 saturated carbocycles. The Bertz CT molecular complexity index is 813. The Kier molecular flexibility index (Phi) is 3.28. The summed E-state index contributed by atoms with van der Waals surface area (Å²) in [5.74, 6) is 0.184. The average molecular weight is 332 g/mol. The van der Waals surface area contributed by atoms with Crippen LogP contribution in [0.15, 0.2) is 54.6 Å². The van der Waals surface area contributed by atoms with Crippen molar-refractivity contribution in [2.24, 2.45) is 5.92 Å². The number of amides is 2. The zero-order valence-electron chi connectivity index (χ0n) is 14.0. The quantitative estimate of drug-likeness (QED) is 0.812. The van der Waals surface area contributed by atoms with E-state index in [0.717, 1.165) is 25.9 Å². The highest BCUT2D eigenvalue weighted by atomic mass is 16.2. The van der Waals surface area contributed by atoms with Gasteiger partial charge in [0.25, 0.3) is 11.8 Å². The number of carbonyl (C=O) groups excluding carboxylic acids is 2. The number of hydrogen-bond donors (Lipinski definition) is 0. The lowest BCUT2D eigenvalue weighted by molar-refractivity contribution is 0.0545. The highest BCUT2D eigenvalue weighted by Gasteiger charge is 2.54. The van der Waals surface area contributed by atoms with Crippen molar-refractivity contribution >= 4 is 11.8 Å². The van der Waals surface area contributed by atoms with Gasteiger partial charge in [0.1, 0.15) is 0 Å². The van der Waals surface area contributed by atoms with Crippen LogP contribution in [0.25, 0.3) is 0 Å². The van der Waals surface area contributed by atoms with Crippen molar-refractivity contribution in [2.45, 2.75) is 31.5 Å². The lowest BCUT2D eigenvalue weighted by Gasteiger charge is -2.29. The van der Waals surface area contributed by atoms with Gasteiger partial charge in [0.15, 0.2) is 0 Å². The van der Waals surface area contributed by atoms with Crippen LogP contribution in [0, 0.1) is 5.92 Å². The van der Waals surface area contributed by atoms with Crippen LogP contribution in [0.2, 0.25) is 0 Å². The SMILES string of the molecule is O=C1c2ccccc2C(=O)N1C1C2CCC1N(Cc1ccccc1)C2. The van der Waals surface area contributed by atoms with Crippen molar-refractivity contribution in [3.63, 3.8) is 0 Å². The topological polar surface area (TPSA) is 40.6 Å². The van der Waals surface area contributed by atoms with Crippen molar-refractivity contribution < 1.29 is 9.59 Å². The predicted octanol–water partition coefficient (Wildman–Crippen LogP) is 2.95. The maximum atomic E-state index is 12.9. The summed E-state index contributed by atoms with van der Waals surface area (Å²) < 4.78 is 0. The van der Waals surface area contributed by atoms with Crippen LogP contribution in [0.5, 0.6) is 0 Å². The summed E-state index contributed by atoms with van der Waals surface area (Å²) in [4.78, 5) is 29.8. The Balaban J connectivity index is 1.42. The molecule has 2 bridgehead atoms. The van der Waals surface area contributed by atoms with Crippen LogP contribution < -0.4 is 0 Å². The number of nitrogens with zero attached hydrogens (tertiary/aromatic N) is 2.